The number of hydrogen-bond donors (Lipinski definition) is 0. The molecule has 3 rings (SSSR count). The molecule has 20 heavy (non-hydrogen) atoms. The predicted molar refractivity (Wildman–Crippen MR) is 92.8 cm³/mol. The van der Waals surface area contributed by atoms with Crippen LogP contribution in [-0.4, -0.2) is 9.55 Å². The van der Waals surface area contributed by atoms with Gasteiger partial charge in [-0.15, -0.1) is 11.6 Å². The first-order valence-electron chi connectivity index (χ1n) is 6.46. The number of aryl methyl sites for hydroxylation is 1. The van der Waals surface area contributed by atoms with Gasteiger partial charge in [-0.1, -0.05) is 12.1 Å². The SMILES string of the molecule is Cc1cccc2nc(C(C)Cl)n(-c3ccc(I)cc3)c12. The molecule has 0 fully saturated rings. The normalized spacial score (nSPS) is 12.8. The molecule has 0 saturated carbocycles. The van der Waals surface area contributed by atoms with E-state index in [2.05, 4.69) is 64.4 Å². The van der Waals surface area contributed by atoms with E-state index < -0.39 is 0 Å². The van der Waals surface area contributed by atoms with E-state index in [1.54, 1.807) is 0 Å². The van der Waals surface area contributed by atoms with E-state index >= 15 is 0 Å². The van der Waals surface area contributed by atoms with Crippen LogP contribution in [0.1, 0.15) is 23.7 Å². The lowest BCUT2D eigenvalue weighted by Gasteiger charge is -2.11. The first kappa shape index (κ1) is 13.9. The van der Waals surface area contributed by atoms with Crippen molar-refractivity contribution in [1.82, 2.24) is 9.55 Å². The highest BCUT2D eigenvalue weighted by Gasteiger charge is 2.17. The topological polar surface area (TPSA) is 17.8 Å². The van der Waals surface area contributed by atoms with Gasteiger partial charge in [0.1, 0.15) is 5.82 Å². The summed E-state index contributed by atoms with van der Waals surface area (Å²) in [5.74, 6) is 0.886. The maximum absolute atomic E-state index is 6.33. The number of aromatic nitrogens is 2. The number of benzene rings is 2. The van der Waals surface area contributed by atoms with Gasteiger partial charge in [-0.3, -0.25) is 4.57 Å². The van der Waals surface area contributed by atoms with E-state index in [1.807, 2.05) is 19.1 Å². The van der Waals surface area contributed by atoms with Crippen LogP contribution in [0.5, 0.6) is 0 Å². The fraction of sp³-hybridized carbons (Fsp3) is 0.188. The van der Waals surface area contributed by atoms with E-state index in [1.165, 1.54) is 9.13 Å². The van der Waals surface area contributed by atoms with E-state index in [-0.39, 0.29) is 5.38 Å². The summed E-state index contributed by atoms with van der Waals surface area (Å²) in [6.45, 7) is 4.07. The molecule has 3 aromatic rings. The minimum atomic E-state index is -0.138. The maximum atomic E-state index is 6.33. The number of fused-ring (bicyclic) bond motifs is 1. The maximum Gasteiger partial charge on any atom is 0.132 e. The molecular formula is C16H14ClIN2. The summed E-state index contributed by atoms with van der Waals surface area (Å²) >= 11 is 8.64. The summed E-state index contributed by atoms with van der Waals surface area (Å²) in [4.78, 5) is 4.70. The zero-order valence-corrected chi connectivity index (χ0v) is 14.2. The van der Waals surface area contributed by atoms with E-state index in [4.69, 9.17) is 16.6 Å². The van der Waals surface area contributed by atoms with Gasteiger partial charge in [-0.25, -0.2) is 4.98 Å². The largest absolute Gasteiger partial charge is 0.295 e. The highest BCUT2D eigenvalue weighted by Crippen LogP contribution is 2.30. The molecule has 0 bridgehead atoms. The number of rotatable bonds is 2. The van der Waals surface area contributed by atoms with Crippen molar-refractivity contribution in [1.29, 1.82) is 0 Å². The van der Waals surface area contributed by atoms with Crippen LogP contribution in [0, 0.1) is 10.5 Å². The van der Waals surface area contributed by atoms with Crippen molar-refractivity contribution < 1.29 is 0 Å². The van der Waals surface area contributed by atoms with E-state index in [9.17, 15) is 0 Å². The first-order valence-corrected chi connectivity index (χ1v) is 7.97. The minimum Gasteiger partial charge on any atom is -0.295 e. The lowest BCUT2D eigenvalue weighted by molar-refractivity contribution is 0.881. The van der Waals surface area contributed by atoms with Crippen molar-refractivity contribution >= 4 is 45.2 Å². The predicted octanol–water partition coefficient (Wildman–Crippen LogP) is 5.24. The molecule has 1 unspecified atom stereocenters. The molecule has 102 valence electrons. The molecule has 0 radical (unpaired) electrons. The van der Waals surface area contributed by atoms with Gasteiger partial charge in [-0.2, -0.15) is 0 Å². The number of para-hydroxylation sites is 1. The van der Waals surface area contributed by atoms with Gasteiger partial charge in [0.2, 0.25) is 0 Å². The molecule has 0 aliphatic carbocycles. The van der Waals surface area contributed by atoms with Crippen molar-refractivity contribution in [2.45, 2.75) is 19.2 Å². The zero-order chi connectivity index (χ0) is 14.3. The van der Waals surface area contributed by atoms with Crippen LogP contribution >= 0.6 is 34.2 Å². The minimum absolute atomic E-state index is 0.138. The summed E-state index contributed by atoms with van der Waals surface area (Å²) in [7, 11) is 0. The summed E-state index contributed by atoms with van der Waals surface area (Å²) < 4.78 is 3.38. The summed E-state index contributed by atoms with van der Waals surface area (Å²) in [5.41, 5.74) is 4.43. The number of halogens is 2. The molecule has 0 aliphatic rings. The Kier molecular flexibility index (Phi) is 3.73. The van der Waals surface area contributed by atoms with Gasteiger partial charge in [-0.05, 0) is 72.3 Å². The molecule has 1 aromatic heterocycles. The third-order valence-corrected chi connectivity index (χ3v) is 4.26. The van der Waals surface area contributed by atoms with Crippen molar-refractivity contribution in [2.75, 3.05) is 0 Å². The molecule has 0 N–H and O–H groups in total. The second-order valence-corrected chi connectivity index (χ2v) is 6.74. The average Bonchev–Trinajstić information content (AvgIpc) is 2.81. The van der Waals surface area contributed by atoms with E-state index in [0.717, 1.165) is 22.5 Å². The second kappa shape index (κ2) is 5.37. The van der Waals surface area contributed by atoms with Gasteiger partial charge in [0.25, 0.3) is 0 Å². The van der Waals surface area contributed by atoms with Gasteiger partial charge in [0.15, 0.2) is 0 Å². The summed E-state index contributed by atoms with van der Waals surface area (Å²) in [6.07, 6.45) is 0. The molecular weight excluding hydrogens is 383 g/mol. The summed E-state index contributed by atoms with van der Waals surface area (Å²) in [5, 5.41) is -0.138. The second-order valence-electron chi connectivity index (χ2n) is 4.84. The first-order chi connectivity index (χ1) is 9.58. The Morgan fingerprint density at radius 2 is 1.85 bits per heavy atom. The average molecular weight is 397 g/mol. The Bertz CT molecular complexity index is 760. The monoisotopic (exact) mass is 396 g/mol. The fourth-order valence-corrected chi connectivity index (χ4v) is 2.94. The third kappa shape index (κ3) is 2.33. The Labute approximate surface area is 136 Å². The number of hydrogen-bond acceptors (Lipinski definition) is 1. The van der Waals surface area contributed by atoms with E-state index in [0.29, 0.717) is 0 Å². The quantitative estimate of drug-likeness (QED) is 0.428. The highest BCUT2D eigenvalue weighted by atomic mass is 127. The number of nitrogens with zero attached hydrogens (tertiary/aromatic N) is 2. The number of imidazole rings is 1. The Hall–Kier alpha value is -1.07. The lowest BCUT2D eigenvalue weighted by Crippen LogP contribution is -2.02. The van der Waals surface area contributed by atoms with Crippen LogP contribution in [0.3, 0.4) is 0 Å². The number of alkyl halides is 1. The van der Waals surface area contributed by atoms with Gasteiger partial charge in [0.05, 0.1) is 16.4 Å². The molecule has 2 nitrogen and oxygen atoms in total. The third-order valence-electron chi connectivity index (χ3n) is 3.34. The molecule has 1 atom stereocenters. The van der Waals surface area contributed by atoms with Crippen LogP contribution in [0.25, 0.3) is 16.7 Å². The van der Waals surface area contributed by atoms with Crippen LogP contribution < -0.4 is 0 Å². The van der Waals surface area contributed by atoms with Crippen molar-refractivity contribution in [3.05, 3.63) is 57.4 Å². The standard InChI is InChI=1S/C16H14ClIN2/c1-10-4-3-5-14-15(10)20(16(19-14)11(2)17)13-8-6-12(18)7-9-13/h3-9,11H,1-2H3. The molecule has 2 aromatic carbocycles. The van der Waals surface area contributed by atoms with Crippen LogP contribution in [0.4, 0.5) is 0 Å². The molecule has 0 aliphatic heterocycles. The van der Waals surface area contributed by atoms with Crippen molar-refractivity contribution in [3.63, 3.8) is 0 Å². The smallest absolute Gasteiger partial charge is 0.132 e. The molecule has 1 heterocycles. The zero-order valence-electron chi connectivity index (χ0n) is 11.3. The molecule has 4 heteroatoms. The van der Waals surface area contributed by atoms with Gasteiger partial charge in [0, 0.05) is 9.26 Å². The van der Waals surface area contributed by atoms with Crippen LogP contribution in [0.2, 0.25) is 0 Å². The molecule has 0 saturated heterocycles. The summed E-state index contributed by atoms with van der Waals surface area (Å²) in [6, 6.07) is 14.6. The van der Waals surface area contributed by atoms with Gasteiger partial charge >= 0.3 is 0 Å². The van der Waals surface area contributed by atoms with Crippen molar-refractivity contribution in [3.8, 4) is 5.69 Å². The van der Waals surface area contributed by atoms with Crippen LogP contribution in [0.15, 0.2) is 42.5 Å². The van der Waals surface area contributed by atoms with Crippen LogP contribution in [-0.2, 0) is 0 Å². The molecule has 0 spiro atoms. The lowest BCUT2D eigenvalue weighted by atomic mass is 10.2. The Balaban J connectivity index is 2.36. The Morgan fingerprint density at radius 3 is 2.50 bits per heavy atom. The van der Waals surface area contributed by atoms with Gasteiger partial charge < -0.3 is 0 Å². The Morgan fingerprint density at radius 1 is 1.15 bits per heavy atom. The molecule has 0 amide bonds. The van der Waals surface area contributed by atoms with Crippen molar-refractivity contribution in [2.24, 2.45) is 0 Å². The fourth-order valence-electron chi connectivity index (χ4n) is 2.43. The highest BCUT2D eigenvalue weighted by molar-refractivity contribution is 14.1.